The Balaban J connectivity index is 2.16. The van der Waals surface area contributed by atoms with Crippen LogP contribution in [-0.2, 0) is 11.3 Å². The number of hydrogen-bond donors (Lipinski definition) is 0. The van der Waals surface area contributed by atoms with Crippen molar-refractivity contribution >= 4 is 21.7 Å². The first-order valence-electron chi connectivity index (χ1n) is 4.36. The second-order valence-corrected chi connectivity index (χ2v) is 4.00. The number of carbonyl (C=O) groups is 1. The quantitative estimate of drug-likeness (QED) is 0.746. The number of ketones is 1. The van der Waals surface area contributed by atoms with Crippen LogP contribution in [0.3, 0.4) is 0 Å². The number of rotatable bonds is 5. The lowest BCUT2D eigenvalue weighted by Crippen LogP contribution is -1.99. The lowest BCUT2D eigenvalue weighted by atomic mass is 10.2. The van der Waals surface area contributed by atoms with Crippen LogP contribution in [0.4, 0.5) is 0 Å². The molecule has 0 radical (unpaired) electrons. The van der Waals surface area contributed by atoms with Crippen LogP contribution in [-0.4, -0.2) is 15.6 Å². The minimum atomic E-state index is 0.265. The van der Waals surface area contributed by atoms with Crippen molar-refractivity contribution in [2.75, 3.05) is 0 Å². The van der Waals surface area contributed by atoms with Crippen molar-refractivity contribution in [3.8, 4) is 0 Å². The lowest BCUT2D eigenvalue weighted by Gasteiger charge is -1.99. The number of nitrogens with zero attached hydrogens (tertiary/aromatic N) is 2. The molecule has 0 N–H and O–H groups in total. The molecule has 4 heteroatoms. The number of aromatic nitrogens is 2. The molecule has 1 rings (SSSR count). The second kappa shape index (κ2) is 5.17. The Morgan fingerprint density at radius 2 is 2.38 bits per heavy atom. The van der Waals surface area contributed by atoms with Gasteiger partial charge in [0.1, 0.15) is 5.78 Å². The van der Waals surface area contributed by atoms with Gasteiger partial charge in [-0.1, -0.05) is 0 Å². The van der Waals surface area contributed by atoms with Gasteiger partial charge in [-0.2, -0.15) is 5.10 Å². The van der Waals surface area contributed by atoms with Gasteiger partial charge in [0, 0.05) is 19.2 Å². The molecule has 0 saturated heterocycles. The molecule has 1 heterocycles. The number of hydrogen-bond acceptors (Lipinski definition) is 2. The third-order valence-electron chi connectivity index (χ3n) is 1.77. The van der Waals surface area contributed by atoms with Crippen LogP contribution in [0.5, 0.6) is 0 Å². The summed E-state index contributed by atoms with van der Waals surface area (Å²) in [6, 6.07) is 0. The van der Waals surface area contributed by atoms with Gasteiger partial charge in [0.05, 0.1) is 10.7 Å². The van der Waals surface area contributed by atoms with Crippen LogP contribution < -0.4 is 0 Å². The maximum Gasteiger partial charge on any atom is 0.129 e. The fourth-order valence-electron chi connectivity index (χ4n) is 1.11. The maximum absolute atomic E-state index is 10.6. The minimum Gasteiger partial charge on any atom is -0.300 e. The van der Waals surface area contributed by atoms with Crippen molar-refractivity contribution in [2.24, 2.45) is 0 Å². The molecule has 72 valence electrons. The number of halogens is 1. The van der Waals surface area contributed by atoms with Crippen molar-refractivity contribution in [1.29, 1.82) is 0 Å². The Morgan fingerprint density at radius 1 is 1.62 bits per heavy atom. The van der Waals surface area contributed by atoms with Gasteiger partial charge in [0.25, 0.3) is 0 Å². The molecular weight excluding hydrogens is 232 g/mol. The van der Waals surface area contributed by atoms with Gasteiger partial charge < -0.3 is 4.79 Å². The number of carbonyl (C=O) groups excluding carboxylic acids is 1. The lowest BCUT2D eigenvalue weighted by molar-refractivity contribution is -0.117. The molecule has 1 aromatic rings. The summed E-state index contributed by atoms with van der Waals surface area (Å²) in [6.07, 6.45) is 6.35. The van der Waals surface area contributed by atoms with Crippen molar-refractivity contribution < 1.29 is 4.79 Å². The molecule has 0 amide bonds. The molecule has 0 unspecified atom stereocenters. The molecule has 0 aromatic carbocycles. The van der Waals surface area contributed by atoms with E-state index >= 15 is 0 Å². The third-order valence-corrected chi connectivity index (χ3v) is 2.18. The van der Waals surface area contributed by atoms with E-state index < -0.39 is 0 Å². The molecule has 0 spiro atoms. The van der Waals surface area contributed by atoms with Crippen molar-refractivity contribution in [1.82, 2.24) is 9.78 Å². The van der Waals surface area contributed by atoms with Crippen molar-refractivity contribution in [3.05, 3.63) is 16.9 Å². The van der Waals surface area contributed by atoms with Gasteiger partial charge in [-0.3, -0.25) is 4.68 Å². The van der Waals surface area contributed by atoms with Crippen LogP contribution in [0.2, 0.25) is 0 Å². The summed E-state index contributed by atoms with van der Waals surface area (Å²) in [7, 11) is 0. The van der Waals surface area contributed by atoms with Gasteiger partial charge in [-0.15, -0.1) is 0 Å². The minimum absolute atomic E-state index is 0.265. The molecular formula is C9H13BrN2O. The molecule has 0 bridgehead atoms. The second-order valence-electron chi connectivity index (χ2n) is 3.08. The molecule has 0 fully saturated rings. The Kier molecular flexibility index (Phi) is 4.15. The summed E-state index contributed by atoms with van der Waals surface area (Å²) in [4.78, 5) is 10.6. The normalized spacial score (nSPS) is 10.3. The zero-order valence-corrected chi connectivity index (χ0v) is 9.25. The fourth-order valence-corrected chi connectivity index (χ4v) is 1.44. The Morgan fingerprint density at radius 3 is 2.92 bits per heavy atom. The summed E-state index contributed by atoms with van der Waals surface area (Å²) in [5.74, 6) is 0.265. The fraction of sp³-hybridized carbons (Fsp3) is 0.556. The summed E-state index contributed by atoms with van der Waals surface area (Å²) in [5.41, 5.74) is 0. The van der Waals surface area contributed by atoms with E-state index in [0.717, 1.165) is 23.9 Å². The van der Waals surface area contributed by atoms with E-state index in [9.17, 15) is 4.79 Å². The van der Waals surface area contributed by atoms with E-state index in [0.29, 0.717) is 6.42 Å². The first-order valence-corrected chi connectivity index (χ1v) is 5.15. The van der Waals surface area contributed by atoms with E-state index in [1.54, 1.807) is 13.1 Å². The SMILES string of the molecule is CC(=O)CCCCn1cc(Br)cn1. The average molecular weight is 245 g/mol. The Bertz CT molecular complexity index is 283. The molecule has 1 aromatic heterocycles. The molecule has 0 aliphatic carbocycles. The first kappa shape index (κ1) is 10.4. The zero-order valence-electron chi connectivity index (χ0n) is 7.66. The van der Waals surface area contributed by atoms with Gasteiger partial charge in [0.15, 0.2) is 0 Å². The summed E-state index contributed by atoms with van der Waals surface area (Å²) < 4.78 is 2.88. The number of Topliss-reactive ketones (excluding diaryl/α,β-unsaturated/α-hetero) is 1. The standard InChI is InChI=1S/C9H13BrN2O/c1-8(13)4-2-3-5-12-7-9(10)6-11-12/h6-7H,2-5H2,1H3. The van der Waals surface area contributed by atoms with Crippen LogP contribution >= 0.6 is 15.9 Å². The molecule has 0 aliphatic rings. The monoisotopic (exact) mass is 244 g/mol. The van der Waals surface area contributed by atoms with Gasteiger partial charge in [-0.05, 0) is 35.7 Å². The third kappa shape index (κ3) is 4.22. The van der Waals surface area contributed by atoms with E-state index in [-0.39, 0.29) is 5.78 Å². The maximum atomic E-state index is 10.6. The topological polar surface area (TPSA) is 34.9 Å². The predicted octanol–water partition coefficient (Wildman–Crippen LogP) is 2.40. The van der Waals surface area contributed by atoms with Crippen LogP contribution in [0.15, 0.2) is 16.9 Å². The highest BCUT2D eigenvalue weighted by Crippen LogP contribution is 2.07. The first-order chi connectivity index (χ1) is 6.18. The number of aryl methyl sites for hydroxylation is 1. The van der Waals surface area contributed by atoms with Crippen molar-refractivity contribution in [2.45, 2.75) is 32.7 Å². The van der Waals surface area contributed by atoms with Crippen LogP contribution in [0.25, 0.3) is 0 Å². The average Bonchev–Trinajstić information content (AvgIpc) is 2.45. The van der Waals surface area contributed by atoms with Crippen LogP contribution in [0.1, 0.15) is 26.2 Å². The van der Waals surface area contributed by atoms with Crippen LogP contribution in [0, 0.1) is 0 Å². The van der Waals surface area contributed by atoms with E-state index in [2.05, 4.69) is 21.0 Å². The van der Waals surface area contributed by atoms with E-state index in [4.69, 9.17) is 0 Å². The van der Waals surface area contributed by atoms with Gasteiger partial charge in [0.2, 0.25) is 0 Å². The van der Waals surface area contributed by atoms with E-state index in [1.165, 1.54) is 0 Å². The Labute approximate surface area is 86.3 Å². The molecule has 3 nitrogen and oxygen atoms in total. The highest BCUT2D eigenvalue weighted by molar-refractivity contribution is 9.10. The zero-order chi connectivity index (χ0) is 9.68. The van der Waals surface area contributed by atoms with Gasteiger partial charge in [-0.25, -0.2) is 0 Å². The highest BCUT2D eigenvalue weighted by Gasteiger charge is 1.96. The number of unbranched alkanes of at least 4 members (excludes halogenated alkanes) is 1. The summed E-state index contributed by atoms with van der Waals surface area (Å²) >= 11 is 3.33. The van der Waals surface area contributed by atoms with Crippen molar-refractivity contribution in [3.63, 3.8) is 0 Å². The van der Waals surface area contributed by atoms with Gasteiger partial charge >= 0.3 is 0 Å². The predicted molar refractivity (Wildman–Crippen MR) is 54.5 cm³/mol. The molecule has 0 atom stereocenters. The molecule has 0 aliphatic heterocycles. The summed E-state index contributed by atoms with van der Waals surface area (Å²) in [5, 5.41) is 4.12. The highest BCUT2D eigenvalue weighted by atomic mass is 79.9. The summed E-state index contributed by atoms with van der Waals surface area (Å²) in [6.45, 7) is 2.52. The molecule has 0 saturated carbocycles. The smallest absolute Gasteiger partial charge is 0.129 e. The Hall–Kier alpha value is -0.640. The van der Waals surface area contributed by atoms with E-state index in [1.807, 2.05) is 10.9 Å². The largest absolute Gasteiger partial charge is 0.300 e. The molecule has 13 heavy (non-hydrogen) atoms.